The normalized spacial score (nSPS) is 20.7. The first-order valence-corrected chi connectivity index (χ1v) is 11.8. The second-order valence-corrected chi connectivity index (χ2v) is 9.29. The second kappa shape index (κ2) is 9.71. The molecule has 3 aliphatic heterocycles. The molecule has 32 heavy (non-hydrogen) atoms. The summed E-state index contributed by atoms with van der Waals surface area (Å²) in [5.74, 6) is 0.0483. The van der Waals surface area contributed by atoms with Gasteiger partial charge in [0.05, 0.1) is 19.3 Å². The monoisotopic (exact) mass is 435 g/mol. The third-order valence-electron chi connectivity index (χ3n) is 6.96. The Balaban J connectivity index is 1.16. The average molecular weight is 436 g/mol. The molecule has 0 bridgehead atoms. The minimum atomic E-state index is -0.536. The van der Waals surface area contributed by atoms with E-state index in [1.807, 2.05) is 11.0 Å². The molecular weight excluding hydrogens is 402 g/mol. The summed E-state index contributed by atoms with van der Waals surface area (Å²) in [5.41, 5.74) is 5.95. The fraction of sp³-hybridized carbons (Fsp3) is 0.500. The molecule has 6 nitrogen and oxygen atoms in total. The van der Waals surface area contributed by atoms with Crippen molar-refractivity contribution < 1.29 is 14.6 Å². The predicted octanol–water partition coefficient (Wildman–Crippen LogP) is 1.94. The number of β-amino-alcohol motifs (C(OH)–C–C–N with tert-alkyl or cyclic N) is 1. The molecule has 0 radical (unpaired) electrons. The quantitative estimate of drug-likeness (QED) is 0.752. The van der Waals surface area contributed by atoms with Crippen molar-refractivity contribution in [3.63, 3.8) is 0 Å². The number of nitrogens with zero attached hydrogens (tertiary/aromatic N) is 3. The minimum Gasteiger partial charge on any atom is -0.390 e. The first kappa shape index (κ1) is 21.6. The molecule has 2 aromatic carbocycles. The summed E-state index contributed by atoms with van der Waals surface area (Å²) in [7, 11) is 0. The van der Waals surface area contributed by atoms with Gasteiger partial charge >= 0.3 is 0 Å². The number of hydrogen-bond acceptors (Lipinski definition) is 5. The van der Waals surface area contributed by atoms with Crippen molar-refractivity contribution in [1.29, 1.82) is 0 Å². The van der Waals surface area contributed by atoms with Crippen molar-refractivity contribution in [1.82, 2.24) is 14.7 Å². The Hall–Kier alpha value is -2.25. The van der Waals surface area contributed by atoms with Crippen molar-refractivity contribution in [2.75, 3.05) is 52.5 Å². The first-order valence-electron chi connectivity index (χ1n) is 11.8. The van der Waals surface area contributed by atoms with Crippen LogP contribution in [0.4, 0.5) is 0 Å². The van der Waals surface area contributed by atoms with E-state index < -0.39 is 6.10 Å². The molecule has 1 saturated heterocycles. The first-order chi connectivity index (χ1) is 15.7. The highest BCUT2D eigenvalue weighted by molar-refractivity contribution is 5.96. The molecule has 1 atom stereocenters. The molecule has 170 valence electrons. The molecule has 6 heteroatoms. The topological polar surface area (TPSA) is 56.3 Å². The number of hydrogen-bond donors (Lipinski definition) is 1. The van der Waals surface area contributed by atoms with Gasteiger partial charge in [-0.3, -0.25) is 14.6 Å². The van der Waals surface area contributed by atoms with E-state index >= 15 is 0 Å². The Morgan fingerprint density at radius 2 is 1.66 bits per heavy atom. The zero-order chi connectivity index (χ0) is 21.9. The molecule has 3 aliphatic rings. The Labute approximate surface area is 190 Å². The highest BCUT2D eigenvalue weighted by Crippen LogP contribution is 2.23. The number of fused-ring (bicyclic) bond motifs is 2. The zero-order valence-electron chi connectivity index (χ0n) is 18.7. The van der Waals surface area contributed by atoms with Crippen LogP contribution < -0.4 is 0 Å². The molecule has 0 spiro atoms. The number of rotatable bonds is 6. The van der Waals surface area contributed by atoms with Crippen molar-refractivity contribution in [2.45, 2.75) is 32.0 Å². The van der Waals surface area contributed by atoms with Gasteiger partial charge in [0.25, 0.3) is 5.91 Å². The Morgan fingerprint density at radius 3 is 2.50 bits per heavy atom. The third kappa shape index (κ3) is 4.89. The van der Waals surface area contributed by atoms with Gasteiger partial charge in [-0.2, -0.15) is 0 Å². The predicted molar refractivity (Wildman–Crippen MR) is 124 cm³/mol. The van der Waals surface area contributed by atoms with Crippen LogP contribution in [-0.4, -0.2) is 84.3 Å². The van der Waals surface area contributed by atoms with Gasteiger partial charge in [0.2, 0.25) is 0 Å². The van der Waals surface area contributed by atoms with Crippen LogP contribution in [0, 0.1) is 0 Å². The standard InChI is InChI=1S/C26H33N3O3/c30-24(18-28-9-7-21-3-1-2-4-23(21)17-28)19-29-10-8-22-15-20(5-6-25(22)26(29)31)16-27-11-13-32-14-12-27/h1-6,15,24,30H,7-14,16-19H2. The lowest BCUT2D eigenvalue weighted by molar-refractivity contribution is 0.0341. The lowest BCUT2D eigenvalue weighted by Crippen LogP contribution is -2.46. The Kier molecular flexibility index (Phi) is 6.55. The molecule has 1 N–H and O–H groups in total. The number of aliphatic hydroxyl groups excluding tert-OH is 1. The van der Waals surface area contributed by atoms with Crippen molar-refractivity contribution >= 4 is 5.91 Å². The number of benzene rings is 2. The van der Waals surface area contributed by atoms with Crippen LogP contribution in [0.1, 0.15) is 32.6 Å². The van der Waals surface area contributed by atoms with Crippen LogP contribution in [0.5, 0.6) is 0 Å². The van der Waals surface area contributed by atoms with E-state index in [-0.39, 0.29) is 5.91 Å². The van der Waals surface area contributed by atoms with Gasteiger partial charge in [0.15, 0.2) is 0 Å². The van der Waals surface area contributed by atoms with Crippen molar-refractivity contribution in [3.05, 3.63) is 70.3 Å². The summed E-state index contributed by atoms with van der Waals surface area (Å²) in [5, 5.41) is 10.7. The summed E-state index contributed by atoms with van der Waals surface area (Å²) in [6.07, 6.45) is 1.33. The van der Waals surface area contributed by atoms with Gasteiger partial charge in [-0.25, -0.2) is 0 Å². The summed E-state index contributed by atoms with van der Waals surface area (Å²) in [4.78, 5) is 19.6. The Morgan fingerprint density at radius 1 is 0.875 bits per heavy atom. The molecule has 5 rings (SSSR count). The number of ether oxygens (including phenoxy) is 1. The van der Waals surface area contributed by atoms with Gasteiger partial charge in [0.1, 0.15) is 0 Å². The highest BCUT2D eigenvalue weighted by Gasteiger charge is 2.27. The van der Waals surface area contributed by atoms with E-state index in [0.29, 0.717) is 19.6 Å². The lowest BCUT2D eigenvalue weighted by atomic mass is 9.96. The smallest absolute Gasteiger partial charge is 0.254 e. The number of amides is 1. The van der Waals surface area contributed by atoms with E-state index in [1.165, 1.54) is 16.7 Å². The van der Waals surface area contributed by atoms with Gasteiger partial charge in [-0.05, 0) is 41.2 Å². The number of aliphatic hydroxyl groups is 1. The van der Waals surface area contributed by atoms with E-state index in [0.717, 1.165) is 69.9 Å². The maximum Gasteiger partial charge on any atom is 0.254 e. The maximum absolute atomic E-state index is 13.1. The molecule has 1 unspecified atom stereocenters. The van der Waals surface area contributed by atoms with Crippen LogP contribution >= 0.6 is 0 Å². The Bertz CT molecular complexity index is 957. The average Bonchev–Trinajstić information content (AvgIpc) is 2.81. The largest absolute Gasteiger partial charge is 0.390 e. The molecule has 0 aromatic heterocycles. The van der Waals surface area contributed by atoms with Crippen molar-refractivity contribution in [3.8, 4) is 0 Å². The maximum atomic E-state index is 13.1. The minimum absolute atomic E-state index is 0.0483. The van der Waals surface area contributed by atoms with Gasteiger partial charge < -0.3 is 14.7 Å². The van der Waals surface area contributed by atoms with Crippen LogP contribution in [0.2, 0.25) is 0 Å². The van der Waals surface area contributed by atoms with Crippen LogP contribution in [0.25, 0.3) is 0 Å². The van der Waals surface area contributed by atoms with Crippen LogP contribution in [0.3, 0.4) is 0 Å². The van der Waals surface area contributed by atoms with Crippen LogP contribution in [-0.2, 0) is 30.7 Å². The summed E-state index contributed by atoms with van der Waals surface area (Å²) in [6.45, 7) is 7.92. The summed E-state index contributed by atoms with van der Waals surface area (Å²) < 4.78 is 5.43. The molecule has 0 saturated carbocycles. The molecule has 1 fully saturated rings. The van der Waals surface area contributed by atoms with Gasteiger partial charge in [-0.1, -0.05) is 36.4 Å². The molecule has 0 aliphatic carbocycles. The fourth-order valence-corrected chi connectivity index (χ4v) is 5.20. The second-order valence-electron chi connectivity index (χ2n) is 9.29. The van der Waals surface area contributed by atoms with Gasteiger partial charge in [0, 0.05) is 57.9 Å². The molecular formula is C26H33N3O3. The van der Waals surface area contributed by atoms with E-state index in [4.69, 9.17) is 4.74 Å². The molecule has 3 heterocycles. The summed E-state index contributed by atoms with van der Waals surface area (Å²) >= 11 is 0. The number of morpholine rings is 1. The van der Waals surface area contributed by atoms with Gasteiger partial charge in [-0.15, -0.1) is 0 Å². The van der Waals surface area contributed by atoms with E-state index in [1.54, 1.807) is 0 Å². The molecule has 2 aromatic rings. The summed E-state index contributed by atoms with van der Waals surface area (Å²) in [6, 6.07) is 14.8. The van der Waals surface area contributed by atoms with Crippen molar-refractivity contribution in [2.24, 2.45) is 0 Å². The number of carbonyl (C=O) groups is 1. The number of carbonyl (C=O) groups excluding carboxylic acids is 1. The van der Waals surface area contributed by atoms with Crippen LogP contribution in [0.15, 0.2) is 42.5 Å². The lowest BCUT2D eigenvalue weighted by Gasteiger charge is -2.34. The highest BCUT2D eigenvalue weighted by atomic mass is 16.5. The third-order valence-corrected chi connectivity index (χ3v) is 6.96. The van der Waals surface area contributed by atoms with E-state index in [9.17, 15) is 9.90 Å². The fourth-order valence-electron chi connectivity index (χ4n) is 5.20. The van der Waals surface area contributed by atoms with E-state index in [2.05, 4.69) is 46.2 Å². The molecule has 1 amide bonds. The SMILES string of the molecule is O=C1c2ccc(CN3CCOCC3)cc2CCN1CC(O)CN1CCc2ccccc2C1. The zero-order valence-corrected chi connectivity index (χ0v) is 18.7.